The van der Waals surface area contributed by atoms with Crippen molar-refractivity contribution in [3.8, 4) is 27.9 Å². The Morgan fingerprint density at radius 2 is 1.10 bits per heavy atom. The number of aliphatic imine (C=N–C) groups is 2. The van der Waals surface area contributed by atoms with E-state index in [0.29, 0.717) is 5.84 Å². The molecule has 1 N–H and O–H groups in total. The van der Waals surface area contributed by atoms with Crippen molar-refractivity contribution in [3.63, 3.8) is 0 Å². The summed E-state index contributed by atoms with van der Waals surface area (Å²) < 4.78 is 5.01. The van der Waals surface area contributed by atoms with Gasteiger partial charge in [-0.1, -0.05) is 152 Å². The van der Waals surface area contributed by atoms with Crippen LogP contribution in [0.4, 0.5) is 5.69 Å². The van der Waals surface area contributed by atoms with Gasteiger partial charge in [0, 0.05) is 66.1 Å². The second-order valence-electron chi connectivity index (χ2n) is 16.5. The summed E-state index contributed by atoms with van der Waals surface area (Å²) in [5.74, 6) is 1.40. The first kappa shape index (κ1) is 35.9. The van der Waals surface area contributed by atoms with Crippen molar-refractivity contribution in [2.45, 2.75) is 5.41 Å². The molecule has 9 aromatic carbocycles. The molecule has 4 nitrogen and oxygen atoms in total. The largest absolute Gasteiger partial charge is 0.340 e. The number of amidine groups is 2. The second kappa shape index (κ2) is 13.8. The second-order valence-corrected chi connectivity index (χ2v) is 17.6. The monoisotopic (exact) mass is 822 g/mol. The lowest BCUT2D eigenvalue weighted by Crippen LogP contribution is -2.25. The lowest BCUT2D eigenvalue weighted by molar-refractivity contribution is 0.794. The molecule has 13 rings (SSSR count). The van der Waals surface area contributed by atoms with Crippen molar-refractivity contribution < 1.29 is 0 Å². The van der Waals surface area contributed by atoms with E-state index in [1.807, 2.05) is 47.7 Å². The van der Waals surface area contributed by atoms with Gasteiger partial charge in [0.25, 0.3) is 0 Å². The zero-order valence-corrected chi connectivity index (χ0v) is 35.2. The lowest BCUT2D eigenvalue weighted by Gasteiger charge is -2.30. The third-order valence-electron chi connectivity index (χ3n) is 13.3. The van der Waals surface area contributed by atoms with Crippen molar-refractivity contribution in [2.24, 2.45) is 9.98 Å². The molecule has 0 atom stereocenters. The van der Waals surface area contributed by atoms with Crippen LogP contribution in [-0.2, 0) is 5.41 Å². The number of aromatic nitrogens is 1. The predicted octanol–water partition coefficient (Wildman–Crippen LogP) is 14.4. The Morgan fingerprint density at radius 3 is 1.83 bits per heavy atom. The van der Waals surface area contributed by atoms with Crippen LogP contribution in [0, 0.1) is 0 Å². The van der Waals surface area contributed by atoms with Crippen molar-refractivity contribution in [1.29, 1.82) is 0 Å². The molecule has 0 saturated carbocycles. The minimum absolute atomic E-state index is 0.422. The third kappa shape index (κ3) is 5.14. The molecule has 5 heteroatoms. The zero-order chi connectivity index (χ0) is 41.6. The Balaban J connectivity index is 1.05. The first-order chi connectivity index (χ1) is 31.2. The van der Waals surface area contributed by atoms with Crippen LogP contribution in [-0.4, -0.2) is 23.3 Å². The number of nitrogens with zero attached hydrogens (tertiary/aromatic N) is 3. The number of fused-ring (bicyclic) bond motifs is 17. The van der Waals surface area contributed by atoms with E-state index in [1.54, 1.807) is 7.05 Å². The highest BCUT2D eigenvalue weighted by atomic mass is 32.1. The van der Waals surface area contributed by atoms with Crippen LogP contribution in [0.5, 0.6) is 0 Å². The molecule has 2 aliphatic carbocycles. The highest BCUT2D eigenvalue weighted by Crippen LogP contribution is 2.64. The van der Waals surface area contributed by atoms with Gasteiger partial charge in [-0.05, 0) is 93.5 Å². The van der Waals surface area contributed by atoms with Gasteiger partial charge in [0.05, 0.1) is 16.4 Å². The SMILES string of the molecule is CN=C(N=C(Nc1ccccc1)c1ccc2sc3ccc(-n4c5ccccc5c5ccc6c(c54)-c4ccccc4C64c5ccccc5-c5ccccc54)cc3c2c1)c1ccccc1. The van der Waals surface area contributed by atoms with E-state index in [4.69, 9.17) is 4.99 Å². The summed E-state index contributed by atoms with van der Waals surface area (Å²) in [4.78, 5) is 9.82. The van der Waals surface area contributed by atoms with Gasteiger partial charge in [0.2, 0.25) is 0 Å². The van der Waals surface area contributed by atoms with Crippen LogP contribution in [0.3, 0.4) is 0 Å². The van der Waals surface area contributed by atoms with Gasteiger partial charge in [-0.3, -0.25) is 4.99 Å². The molecule has 0 saturated heterocycles. The number of nitrogens with one attached hydrogen (secondary N) is 1. The number of rotatable bonds is 4. The highest BCUT2D eigenvalue weighted by molar-refractivity contribution is 7.25. The quantitative estimate of drug-likeness (QED) is 0.139. The van der Waals surface area contributed by atoms with E-state index in [2.05, 4.69) is 185 Å². The van der Waals surface area contributed by atoms with Crippen LogP contribution in [0.25, 0.3) is 69.9 Å². The summed E-state index contributed by atoms with van der Waals surface area (Å²) in [5, 5.41) is 8.56. The van der Waals surface area contributed by atoms with Gasteiger partial charge >= 0.3 is 0 Å². The number of thiophene rings is 1. The molecule has 63 heavy (non-hydrogen) atoms. The van der Waals surface area contributed by atoms with Gasteiger partial charge in [-0.15, -0.1) is 11.3 Å². The Morgan fingerprint density at radius 1 is 0.492 bits per heavy atom. The van der Waals surface area contributed by atoms with Crippen LogP contribution in [0.2, 0.25) is 0 Å². The van der Waals surface area contributed by atoms with Gasteiger partial charge in [0.1, 0.15) is 5.84 Å². The normalized spacial score (nSPS) is 13.8. The van der Waals surface area contributed by atoms with E-state index >= 15 is 0 Å². The predicted molar refractivity (Wildman–Crippen MR) is 265 cm³/mol. The first-order valence-electron chi connectivity index (χ1n) is 21.5. The average molecular weight is 823 g/mol. The number of para-hydroxylation sites is 2. The molecule has 0 radical (unpaired) electrons. The summed E-state index contributed by atoms with van der Waals surface area (Å²) in [7, 11) is 1.80. The van der Waals surface area contributed by atoms with Gasteiger partial charge in [-0.25, -0.2) is 4.99 Å². The van der Waals surface area contributed by atoms with Crippen LogP contribution in [0.1, 0.15) is 33.4 Å². The first-order valence-corrected chi connectivity index (χ1v) is 22.3. The Labute approximate surface area is 368 Å². The molecule has 2 heterocycles. The maximum atomic E-state index is 5.19. The molecule has 0 bridgehead atoms. The average Bonchev–Trinajstić information content (AvgIpc) is 4.06. The molecule has 0 aliphatic heterocycles. The molecule has 1 spiro atoms. The van der Waals surface area contributed by atoms with Crippen LogP contribution >= 0.6 is 11.3 Å². The third-order valence-corrected chi connectivity index (χ3v) is 14.4. The molecule has 2 aromatic heterocycles. The minimum atomic E-state index is -0.422. The fourth-order valence-electron chi connectivity index (χ4n) is 10.7. The molecule has 2 aliphatic rings. The van der Waals surface area contributed by atoms with E-state index < -0.39 is 5.41 Å². The standard InChI is InChI=1S/C58H38N4S/c1-59-56(36-16-4-2-5-17-36)61-57(60-38-18-6-3-7-19-38)37-28-32-52-45(34-37)46-35-39(29-33-53(46)63-52)62-51-27-15-11-22-42(51)43-30-31-50-54(55(43)62)44-23-10-14-26-49(44)58(50)47-24-12-8-20-40(47)41-21-9-13-25-48(41)58/h2-35H,1H3,(H,59,60,61). The van der Waals surface area contributed by atoms with E-state index in [0.717, 1.165) is 28.3 Å². The van der Waals surface area contributed by atoms with E-state index in [-0.39, 0.29) is 0 Å². The topological polar surface area (TPSA) is 41.7 Å². The van der Waals surface area contributed by atoms with Gasteiger partial charge in [-0.2, -0.15) is 0 Å². The van der Waals surface area contributed by atoms with Crippen molar-refractivity contribution >= 4 is 70.7 Å². The lowest BCUT2D eigenvalue weighted by atomic mass is 9.70. The minimum Gasteiger partial charge on any atom is -0.340 e. The van der Waals surface area contributed by atoms with E-state index in [9.17, 15) is 0 Å². The molecular weight excluding hydrogens is 785 g/mol. The Kier molecular flexibility index (Phi) is 7.87. The molecule has 0 unspecified atom stereocenters. The van der Waals surface area contributed by atoms with E-state index in [1.165, 1.54) is 86.5 Å². The molecule has 0 fully saturated rings. The summed E-state index contributed by atoms with van der Waals surface area (Å²) in [6, 6.07) is 75.1. The maximum Gasteiger partial charge on any atom is 0.156 e. The zero-order valence-electron chi connectivity index (χ0n) is 34.4. The summed E-state index contributed by atoms with van der Waals surface area (Å²) in [5.41, 5.74) is 16.7. The number of anilines is 1. The molecule has 296 valence electrons. The van der Waals surface area contributed by atoms with Gasteiger partial charge < -0.3 is 9.88 Å². The fraction of sp³-hybridized carbons (Fsp3) is 0.0345. The highest BCUT2D eigenvalue weighted by Gasteiger charge is 2.52. The van der Waals surface area contributed by atoms with Gasteiger partial charge in [0.15, 0.2) is 5.84 Å². The van der Waals surface area contributed by atoms with Crippen molar-refractivity contribution in [2.75, 3.05) is 12.4 Å². The van der Waals surface area contributed by atoms with Crippen LogP contribution in [0.15, 0.2) is 216 Å². The van der Waals surface area contributed by atoms with Crippen molar-refractivity contribution in [1.82, 2.24) is 4.57 Å². The summed E-state index contributed by atoms with van der Waals surface area (Å²) in [6.45, 7) is 0. The fourth-order valence-corrected chi connectivity index (χ4v) is 11.8. The molecule has 11 aromatic rings. The summed E-state index contributed by atoms with van der Waals surface area (Å²) in [6.07, 6.45) is 0. The molecular formula is C58H38N4S. The number of benzene rings is 9. The smallest absolute Gasteiger partial charge is 0.156 e. The van der Waals surface area contributed by atoms with Crippen molar-refractivity contribution in [3.05, 3.63) is 240 Å². The van der Waals surface area contributed by atoms with Crippen LogP contribution < -0.4 is 5.32 Å². The Bertz CT molecular complexity index is 3680. The number of hydrogen-bond acceptors (Lipinski definition) is 2. The Hall–Kier alpha value is -7.86. The maximum absolute atomic E-state index is 5.19. The number of hydrogen-bond donors (Lipinski definition) is 1. The molecule has 0 amide bonds. The summed E-state index contributed by atoms with van der Waals surface area (Å²) >= 11 is 1.83.